The van der Waals surface area contributed by atoms with Crippen LogP contribution in [0.25, 0.3) is 0 Å². The number of nitrogens with zero attached hydrogens (tertiary/aromatic N) is 3. The number of pyridine rings is 1. The van der Waals surface area contributed by atoms with Gasteiger partial charge in [0.1, 0.15) is 6.07 Å². The van der Waals surface area contributed by atoms with Crippen molar-refractivity contribution in [2.45, 2.75) is 44.9 Å². The minimum atomic E-state index is -0.730. The molecule has 6 heteroatoms. The SMILES string of the molecule is C#C[C@@]1(CCN(C)C(=O)C2(c3ccc(Cl)cn3)CC2)C=C(C#N)C(=O)C(C)(C)C1. The Morgan fingerprint density at radius 2 is 2.07 bits per heavy atom. The van der Waals surface area contributed by atoms with Crippen molar-refractivity contribution >= 4 is 23.3 Å². The first-order valence-electron chi connectivity index (χ1n) is 9.62. The maximum atomic E-state index is 13.2. The molecule has 0 spiro atoms. The average molecular weight is 410 g/mol. The predicted octanol–water partition coefficient (Wildman–Crippen LogP) is 3.68. The molecule has 1 aromatic heterocycles. The molecule has 150 valence electrons. The predicted molar refractivity (Wildman–Crippen MR) is 111 cm³/mol. The van der Waals surface area contributed by atoms with Crippen LogP contribution in [0.4, 0.5) is 0 Å². The summed E-state index contributed by atoms with van der Waals surface area (Å²) in [6, 6.07) is 5.54. The van der Waals surface area contributed by atoms with Crippen molar-refractivity contribution < 1.29 is 9.59 Å². The van der Waals surface area contributed by atoms with Gasteiger partial charge in [0.25, 0.3) is 0 Å². The first-order chi connectivity index (χ1) is 13.6. The molecule has 0 bridgehead atoms. The van der Waals surface area contributed by atoms with Gasteiger partial charge in [0, 0.05) is 25.2 Å². The molecule has 1 saturated carbocycles. The van der Waals surface area contributed by atoms with Gasteiger partial charge in [-0.3, -0.25) is 14.6 Å². The number of likely N-dealkylation sites (N-methyl/N-ethyl adjacent to an activating group) is 1. The summed E-state index contributed by atoms with van der Waals surface area (Å²) in [6.07, 6.45) is 11.5. The lowest BCUT2D eigenvalue weighted by atomic mass is 9.63. The molecule has 2 aliphatic rings. The Bertz CT molecular complexity index is 961. The summed E-state index contributed by atoms with van der Waals surface area (Å²) >= 11 is 5.92. The van der Waals surface area contributed by atoms with Crippen LogP contribution in [0, 0.1) is 34.5 Å². The van der Waals surface area contributed by atoms with Gasteiger partial charge in [-0.2, -0.15) is 5.26 Å². The summed E-state index contributed by atoms with van der Waals surface area (Å²) in [6.45, 7) is 4.05. The molecule has 5 nitrogen and oxygen atoms in total. The Morgan fingerprint density at radius 1 is 1.38 bits per heavy atom. The zero-order valence-corrected chi connectivity index (χ0v) is 17.7. The molecule has 0 radical (unpaired) electrons. The third-order valence-corrected chi connectivity index (χ3v) is 6.29. The van der Waals surface area contributed by atoms with E-state index in [2.05, 4.69) is 10.9 Å². The zero-order chi connectivity index (χ0) is 21.4. The highest BCUT2D eigenvalue weighted by atomic mass is 35.5. The molecule has 0 aromatic carbocycles. The second kappa shape index (κ2) is 7.32. The molecule has 1 fully saturated rings. The van der Waals surface area contributed by atoms with Crippen molar-refractivity contribution in [2.24, 2.45) is 10.8 Å². The number of carbonyl (C=O) groups excluding carboxylic acids is 2. The van der Waals surface area contributed by atoms with E-state index in [1.54, 1.807) is 36.4 Å². The highest BCUT2D eigenvalue weighted by Crippen LogP contribution is 2.49. The Kier molecular flexibility index (Phi) is 5.32. The minimum Gasteiger partial charge on any atom is -0.345 e. The molecule has 0 saturated heterocycles. The molecule has 1 atom stereocenters. The summed E-state index contributed by atoms with van der Waals surface area (Å²) in [7, 11) is 1.76. The van der Waals surface area contributed by atoms with Crippen molar-refractivity contribution in [1.82, 2.24) is 9.88 Å². The topological polar surface area (TPSA) is 74.1 Å². The Hall–Kier alpha value is -2.63. The lowest BCUT2D eigenvalue weighted by Crippen LogP contribution is -2.42. The quantitative estimate of drug-likeness (QED) is 0.695. The van der Waals surface area contributed by atoms with Gasteiger partial charge in [0.2, 0.25) is 5.91 Å². The molecule has 2 aliphatic carbocycles. The van der Waals surface area contributed by atoms with E-state index < -0.39 is 16.2 Å². The van der Waals surface area contributed by atoms with Gasteiger partial charge >= 0.3 is 0 Å². The molecule has 0 N–H and O–H groups in total. The summed E-state index contributed by atoms with van der Waals surface area (Å²) in [5.41, 5.74) is -1.18. The van der Waals surface area contributed by atoms with Crippen LogP contribution in [-0.2, 0) is 15.0 Å². The number of Topliss-reactive ketones (excluding diaryl/α,β-unsaturated/α-hetero) is 1. The first-order valence-corrected chi connectivity index (χ1v) is 10.0. The molecule has 3 rings (SSSR count). The third-order valence-electron chi connectivity index (χ3n) is 6.06. The molecule has 0 aliphatic heterocycles. The van der Waals surface area contributed by atoms with E-state index in [0.29, 0.717) is 24.4 Å². The Balaban J connectivity index is 1.76. The number of allylic oxidation sites excluding steroid dienone is 2. The van der Waals surface area contributed by atoms with Gasteiger partial charge in [0.15, 0.2) is 5.78 Å². The van der Waals surface area contributed by atoms with Crippen LogP contribution >= 0.6 is 11.6 Å². The fourth-order valence-corrected chi connectivity index (χ4v) is 4.34. The monoisotopic (exact) mass is 409 g/mol. The van der Waals surface area contributed by atoms with E-state index in [0.717, 1.165) is 18.5 Å². The van der Waals surface area contributed by atoms with E-state index in [4.69, 9.17) is 18.0 Å². The molecule has 29 heavy (non-hydrogen) atoms. The van der Waals surface area contributed by atoms with Crippen molar-refractivity contribution in [3.63, 3.8) is 0 Å². The van der Waals surface area contributed by atoms with Crippen LogP contribution in [0.15, 0.2) is 30.0 Å². The zero-order valence-electron chi connectivity index (χ0n) is 17.0. The minimum absolute atomic E-state index is 0.00938. The van der Waals surface area contributed by atoms with Gasteiger partial charge in [0.05, 0.1) is 27.1 Å². The van der Waals surface area contributed by atoms with Gasteiger partial charge < -0.3 is 4.90 Å². The molecular formula is C23H24ClN3O2. The second-order valence-electron chi connectivity index (χ2n) is 8.78. The number of hydrogen-bond donors (Lipinski definition) is 0. The normalized spacial score (nSPS) is 24.1. The van der Waals surface area contributed by atoms with Crippen molar-refractivity contribution in [2.75, 3.05) is 13.6 Å². The fourth-order valence-electron chi connectivity index (χ4n) is 4.23. The second-order valence-corrected chi connectivity index (χ2v) is 9.22. The Labute approximate surface area is 176 Å². The molecule has 1 heterocycles. The van der Waals surface area contributed by atoms with E-state index >= 15 is 0 Å². The van der Waals surface area contributed by atoms with Gasteiger partial charge in [-0.05, 0) is 43.9 Å². The number of terminal acetylenes is 1. The van der Waals surface area contributed by atoms with Crippen molar-refractivity contribution in [3.05, 3.63) is 40.7 Å². The third kappa shape index (κ3) is 3.80. The molecule has 1 amide bonds. The Morgan fingerprint density at radius 3 is 2.59 bits per heavy atom. The smallest absolute Gasteiger partial charge is 0.234 e. The van der Waals surface area contributed by atoms with Crippen LogP contribution in [0.1, 0.15) is 45.2 Å². The number of halogens is 1. The lowest BCUT2D eigenvalue weighted by molar-refractivity contribution is -0.133. The van der Waals surface area contributed by atoms with Crippen molar-refractivity contribution in [1.29, 1.82) is 5.26 Å². The molecular weight excluding hydrogens is 386 g/mol. The number of nitriles is 1. The highest BCUT2D eigenvalue weighted by molar-refractivity contribution is 6.30. The van der Waals surface area contributed by atoms with Crippen LogP contribution in [0.5, 0.6) is 0 Å². The van der Waals surface area contributed by atoms with E-state index in [1.807, 2.05) is 19.9 Å². The standard InChI is InChI=1S/C23H24ClN3O2/c1-5-22(12-16(13-25)19(28)21(2,3)15-22)10-11-27(4)20(29)23(8-9-23)18-7-6-17(24)14-26-18/h1,6-7,12,14H,8-11,15H2,2-4H3/t22-/m1/s1. The largest absolute Gasteiger partial charge is 0.345 e. The average Bonchev–Trinajstić information content (AvgIpc) is 3.50. The van der Waals surface area contributed by atoms with Crippen LogP contribution < -0.4 is 0 Å². The maximum absolute atomic E-state index is 13.2. The number of aromatic nitrogens is 1. The molecule has 1 aromatic rings. The van der Waals surface area contributed by atoms with Crippen LogP contribution in [0.3, 0.4) is 0 Å². The summed E-state index contributed by atoms with van der Waals surface area (Å²) < 4.78 is 0. The summed E-state index contributed by atoms with van der Waals surface area (Å²) in [4.78, 5) is 31.6. The van der Waals surface area contributed by atoms with Crippen LogP contribution in [-0.4, -0.2) is 35.2 Å². The fraction of sp³-hybridized carbons (Fsp3) is 0.478. The van der Waals surface area contributed by atoms with Gasteiger partial charge in [-0.25, -0.2) is 0 Å². The number of rotatable bonds is 5. The number of hydrogen-bond acceptors (Lipinski definition) is 4. The van der Waals surface area contributed by atoms with Crippen LogP contribution in [0.2, 0.25) is 5.02 Å². The van der Waals surface area contributed by atoms with E-state index in [1.165, 1.54) is 0 Å². The van der Waals surface area contributed by atoms with Gasteiger partial charge in [-0.15, -0.1) is 6.42 Å². The van der Waals surface area contributed by atoms with E-state index in [9.17, 15) is 14.9 Å². The van der Waals surface area contributed by atoms with E-state index in [-0.39, 0.29) is 17.3 Å². The summed E-state index contributed by atoms with van der Waals surface area (Å²) in [5.74, 6) is 2.63. The highest BCUT2D eigenvalue weighted by Gasteiger charge is 2.54. The van der Waals surface area contributed by atoms with Gasteiger partial charge in [-0.1, -0.05) is 31.4 Å². The number of carbonyl (C=O) groups is 2. The molecule has 0 unspecified atom stereocenters. The first kappa shape index (κ1) is 21.1. The summed E-state index contributed by atoms with van der Waals surface area (Å²) in [5, 5.41) is 9.90. The number of ketones is 1. The lowest BCUT2D eigenvalue weighted by Gasteiger charge is -2.39. The van der Waals surface area contributed by atoms with Crippen molar-refractivity contribution in [3.8, 4) is 18.4 Å². The number of amides is 1. The maximum Gasteiger partial charge on any atom is 0.234 e.